The Kier molecular flexibility index (Phi) is 2.82. The van der Waals surface area contributed by atoms with Crippen molar-refractivity contribution in [1.29, 1.82) is 0 Å². The van der Waals surface area contributed by atoms with Crippen LogP contribution in [0, 0.1) is 6.92 Å². The summed E-state index contributed by atoms with van der Waals surface area (Å²) >= 11 is 6.28. The maximum absolute atomic E-state index is 6.28. The van der Waals surface area contributed by atoms with Crippen LogP contribution in [0.5, 0.6) is 5.75 Å². The van der Waals surface area contributed by atoms with Gasteiger partial charge >= 0.3 is 0 Å². The van der Waals surface area contributed by atoms with E-state index in [0.717, 1.165) is 16.7 Å². The highest BCUT2D eigenvalue weighted by atomic mass is 35.5. The monoisotopic (exact) mass is 239 g/mol. The number of halogens is 1. The zero-order chi connectivity index (χ0) is 11.9. The number of hydrogen-bond acceptors (Lipinski definition) is 3. The molecule has 1 aromatic carbocycles. The summed E-state index contributed by atoms with van der Waals surface area (Å²) in [5, 5.41) is 1.49. The van der Waals surface area contributed by atoms with Gasteiger partial charge < -0.3 is 14.9 Å². The molecule has 4 heteroatoms. The molecule has 2 aromatic rings. The predicted octanol–water partition coefficient (Wildman–Crippen LogP) is 3.42. The molecular weight excluding hydrogens is 226 g/mol. The molecule has 0 saturated carbocycles. The van der Waals surface area contributed by atoms with Crippen molar-refractivity contribution in [2.24, 2.45) is 5.73 Å². The highest BCUT2D eigenvalue weighted by molar-refractivity contribution is 6.36. The number of methoxy groups -OCH3 is 1. The summed E-state index contributed by atoms with van der Waals surface area (Å²) < 4.78 is 10.8. The fourth-order valence-corrected chi connectivity index (χ4v) is 2.14. The summed E-state index contributed by atoms with van der Waals surface area (Å²) in [5.41, 5.74) is 7.41. The highest BCUT2D eigenvalue weighted by Crippen LogP contribution is 2.38. The van der Waals surface area contributed by atoms with Gasteiger partial charge in [0.05, 0.1) is 12.1 Å². The molecule has 86 valence electrons. The van der Waals surface area contributed by atoms with Gasteiger partial charge in [0, 0.05) is 11.4 Å². The molecule has 16 heavy (non-hydrogen) atoms. The van der Waals surface area contributed by atoms with Gasteiger partial charge in [-0.2, -0.15) is 0 Å². The van der Waals surface area contributed by atoms with Gasteiger partial charge in [-0.3, -0.25) is 0 Å². The first-order chi connectivity index (χ1) is 7.54. The molecule has 2 rings (SSSR count). The summed E-state index contributed by atoms with van der Waals surface area (Å²) in [7, 11) is 1.60. The van der Waals surface area contributed by atoms with Gasteiger partial charge in [0.1, 0.15) is 5.76 Å². The molecular formula is C12H14ClNO2. The molecule has 1 aromatic heterocycles. The fourth-order valence-electron chi connectivity index (χ4n) is 1.77. The Morgan fingerprint density at radius 3 is 2.69 bits per heavy atom. The molecule has 0 radical (unpaired) electrons. The van der Waals surface area contributed by atoms with E-state index in [-0.39, 0.29) is 6.04 Å². The average Bonchev–Trinajstić information content (AvgIpc) is 2.60. The van der Waals surface area contributed by atoms with E-state index in [0.29, 0.717) is 16.4 Å². The summed E-state index contributed by atoms with van der Waals surface area (Å²) in [5.74, 6) is 1.47. The minimum atomic E-state index is -0.138. The SMILES string of the molecule is COc1cc(C(C)N)c(Cl)c2cc(C)oc12. The first kappa shape index (κ1) is 11.3. The Bertz CT molecular complexity index is 531. The van der Waals surface area contributed by atoms with Crippen molar-refractivity contribution in [1.82, 2.24) is 0 Å². The largest absolute Gasteiger partial charge is 0.493 e. The van der Waals surface area contributed by atoms with Gasteiger partial charge in [0.25, 0.3) is 0 Å². The summed E-state index contributed by atoms with van der Waals surface area (Å²) in [6.45, 7) is 3.76. The molecule has 0 aliphatic carbocycles. The van der Waals surface area contributed by atoms with Gasteiger partial charge in [-0.15, -0.1) is 0 Å². The second-order valence-corrected chi connectivity index (χ2v) is 4.25. The standard InChI is InChI=1S/C12H14ClNO2/c1-6-4-9-11(13)8(7(2)14)5-10(15-3)12(9)16-6/h4-5,7H,14H2,1-3H3. The molecule has 2 N–H and O–H groups in total. The Labute approximate surface area is 99.1 Å². The van der Waals surface area contributed by atoms with Crippen LogP contribution in [-0.4, -0.2) is 7.11 Å². The lowest BCUT2D eigenvalue weighted by Gasteiger charge is -2.11. The van der Waals surface area contributed by atoms with Crippen LogP contribution in [0.1, 0.15) is 24.3 Å². The van der Waals surface area contributed by atoms with Gasteiger partial charge in [-0.05, 0) is 31.5 Å². The topological polar surface area (TPSA) is 48.4 Å². The minimum Gasteiger partial charge on any atom is -0.493 e. The quantitative estimate of drug-likeness (QED) is 0.874. The second-order valence-electron chi connectivity index (χ2n) is 3.87. The maximum Gasteiger partial charge on any atom is 0.177 e. The smallest absolute Gasteiger partial charge is 0.177 e. The zero-order valence-corrected chi connectivity index (χ0v) is 10.3. The molecule has 0 spiro atoms. The molecule has 0 amide bonds. The summed E-state index contributed by atoms with van der Waals surface area (Å²) in [4.78, 5) is 0. The lowest BCUT2D eigenvalue weighted by Crippen LogP contribution is -2.06. The van der Waals surface area contributed by atoms with E-state index >= 15 is 0 Å². The van der Waals surface area contributed by atoms with Crippen LogP contribution in [0.2, 0.25) is 5.02 Å². The third-order valence-corrected chi connectivity index (χ3v) is 2.99. The van der Waals surface area contributed by atoms with Gasteiger partial charge in [-0.25, -0.2) is 0 Å². The molecule has 1 heterocycles. The first-order valence-corrected chi connectivity index (χ1v) is 5.44. The van der Waals surface area contributed by atoms with Crippen LogP contribution in [0.15, 0.2) is 16.5 Å². The molecule has 0 bridgehead atoms. The van der Waals surface area contributed by atoms with Crippen LogP contribution in [0.25, 0.3) is 11.0 Å². The normalized spacial score (nSPS) is 13.1. The summed E-state index contributed by atoms with van der Waals surface area (Å²) in [6, 6.07) is 3.59. The number of rotatable bonds is 2. The van der Waals surface area contributed by atoms with Crippen molar-refractivity contribution in [2.45, 2.75) is 19.9 Å². The number of ether oxygens (including phenoxy) is 1. The van der Waals surface area contributed by atoms with Crippen LogP contribution >= 0.6 is 11.6 Å². The van der Waals surface area contributed by atoms with Crippen LogP contribution in [-0.2, 0) is 0 Å². The number of furan rings is 1. The van der Waals surface area contributed by atoms with Crippen molar-refractivity contribution in [3.8, 4) is 5.75 Å². The van der Waals surface area contributed by atoms with Crippen molar-refractivity contribution >= 4 is 22.6 Å². The minimum absolute atomic E-state index is 0.138. The second kappa shape index (κ2) is 4.00. The number of nitrogens with two attached hydrogens (primary N) is 1. The van der Waals surface area contributed by atoms with Gasteiger partial charge in [-0.1, -0.05) is 11.6 Å². The number of hydrogen-bond donors (Lipinski definition) is 1. The third-order valence-electron chi connectivity index (χ3n) is 2.57. The first-order valence-electron chi connectivity index (χ1n) is 5.06. The molecule has 3 nitrogen and oxygen atoms in total. The van der Waals surface area contributed by atoms with Crippen molar-refractivity contribution in [2.75, 3.05) is 7.11 Å². The Hall–Kier alpha value is -1.19. The van der Waals surface area contributed by atoms with E-state index in [1.807, 2.05) is 26.0 Å². The Morgan fingerprint density at radius 1 is 1.44 bits per heavy atom. The number of fused-ring (bicyclic) bond motifs is 1. The van der Waals surface area contributed by atoms with Crippen molar-refractivity contribution in [3.05, 3.63) is 28.5 Å². The van der Waals surface area contributed by atoms with E-state index in [4.69, 9.17) is 26.5 Å². The summed E-state index contributed by atoms with van der Waals surface area (Å²) in [6.07, 6.45) is 0. The van der Waals surface area contributed by atoms with Gasteiger partial charge in [0.15, 0.2) is 11.3 Å². The molecule has 0 fully saturated rings. The van der Waals surface area contributed by atoms with Crippen molar-refractivity contribution in [3.63, 3.8) is 0 Å². The number of aryl methyl sites for hydroxylation is 1. The van der Waals surface area contributed by atoms with Crippen LogP contribution in [0.4, 0.5) is 0 Å². The molecule has 1 unspecified atom stereocenters. The molecule has 1 atom stereocenters. The van der Waals surface area contributed by atoms with E-state index in [1.54, 1.807) is 7.11 Å². The van der Waals surface area contributed by atoms with Crippen LogP contribution < -0.4 is 10.5 Å². The van der Waals surface area contributed by atoms with E-state index in [2.05, 4.69) is 0 Å². The Balaban J connectivity index is 2.82. The molecule has 0 aliphatic heterocycles. The number of benzene rings is 1. The average molecular weight is 240 g/mol. The third kappa shape index (κ3) is 1.66. The molecule has 0 saturated heterocycles. The van der Waals surface area contributed by atoms with E-state index in [9.17, 15) is 0 Å². The van der Waals surface area contributed by atoms with Gasteiger partial charge in [0.2, 0.25) is 0 Å². The lowest BCUT2D eigenvalue weighted by molar-refractivity contribution is 0.408. The highest BCUT2D eigenvalue weighted by Gasteiger charge is 2.16. The van der Waals surface area contributed by atoms with Crippen molar-refractivity contribution < 1.29 is 9.15 Å². The Morgan fingerprint density at radius 2 is 2.12 bits per heavy atom. The zero-order valence-electron chi connectivity index (χ0n) is 9.50. The van der Waals surface area contributed by atoms with E-state index in [1.165, 1.54) is 0 Å². The predicted molar refractivity (Wildman–Crippen MR) is 65.1 cm³/mol. The maximum atomic E-state index is 6.28. The molecule has 0 aliphatic rings. The van der Waals surface area contributed by atoms with E-state index < -0.39 is 0 Å². The fraction of sp³-hybridized carbons (Fsp3) is 0.333. The van der Waals surface area contributed by atoms with Crippen LogP contribution in [0.3, 0.4) is 0 Å². The lowest BCUT2D eigenvalue weighted by atomic mass is 10.1.